The molecule has 0 unspecified atom stereocenters. The van der Waals surface area contributed by atoms with Crippen LogP contribution in [-0.2, 0) is 5.41 Å². The van der Waals surface area contributed by atoms with E-state index in [1.165, 1.54) is 61.4 Å². The van der Waals surface area contributed by atoms with Crippen molar-refractivity contribution in [1.29, 1.82) is 0 Å². The van der Waals surface area contributed by atoms with Gasteiger partial charge in [0.15, 0.2) is 0 Å². The Morgan fingerprint density at radius 2 is 1.26 bits per heavy atom. The Hall–Kier alpha value is -4.62. The fraction of sp³-hybridized carbons (Fsp3) is 0.190. The van der Waals surface area contributed by atoms with Gasteiger partial charge in [0.1, 0.15) is 0 Å². The Bertz CT molecular complexity index is 1780. The average molecular weight is 562 g/mol. The number of anilines is 2. The smallest absolute Gasteiger partial charge is 0.0494 e. The number of nitrogens with zero attached hydrogens (tertiary/aromatic N) is 1. The van der Waals surface area contributed by atoms with Crippen molar-refractivity contribution in [2.75, 3.05) is 11.9 Å². The average Bonchev–Trinajstić information content (AvgIpc) is 3.00. The lowest BCUT2D eigenvalue weighted by Gasteiger charge is -2.30. The third-order valence-corrected chi connectivity index (χ3v) is 8.40. The first kappa shape index (κ1) is 29.9. The zero-order chi connectivity index (χ0) is 30.7. The minimum absolute atomic E-state index is 0.0535. The second-order valence-electron chi connectivity index (χ2n) is 12.5. The molecular formula is C42H43N. The number of hydrogen-bond donors (Lipinski definition) is 0. The maximum atomic E-state index is 4.29. The second-order valence-corrected chi connectivity index (χ2v) is 12.5. The van der Waals surface area contributed by atoms with Crippen LogP contribution in [0, 0.1) is 13.8 Å². The molecular weight excluding hydrogens is 518 g/mol. The van der Waals surface area contributed by atoms with Crippen LogP contribution in [-0.4, -0.2) is 7.05 Å². The van der Waals surface area contributed by atoms with Gasteiger partial charge in [0, 0.05) is 24.0 Å². The van der Waals surface area contributed by atoms with Crippen LogP contribution < -0.4 is 4.90 Å². The molecule has 216 valence electrons. The van der Waals surface area contributed by atoms with Gasteiger partial charge in [-0.2, -0.15) is 0 Å². The van der Waals surface area contributed by atoms with Gasteiger partial charge in [0.25, 0.3) is 0 Å². The van der Waals surface area contributed by atoms with E-state index in [2.05, 4.69) is 168 Å². The van der Waals surface area contributed by atoms with Gasteiger partial charge in [0.2, 0.25) is 0 Å². The van der Waals surface area contributed by atoms with Crippen LogP contribution in [0.1, 0.15) is 49.9 Å². The Morgan fingerprint density at radius 1 is 0.651 bits per heavy atom. The molecule has 0 fully saturated rings. The molecule has 0 atom stereocenters. The molecule has 5 aromatic carbocycles. The van der Waals surface area contributed by atoms with Crippen LogP contribution in [0.25, 0.3) is 39.0 Å². The van der Waals surface area contributed by atoms with Crippen molar-refractivity contribution in [2.45, 2.75) is 47.0 Å². The summed E-state index contributed by atoms with van der Waals surface area (Å²) in [5, 5.41) is 0. The topological polar surface area (TPSA) is 3.24 Å². The molecule has 0 saturated carbocycles. The lowest BCUT2D eigenvalue weighted by molar-refractivity contribution is 0.586. The molecule has 0 saturated heterocycles. The fourth-order valence-electron chi connectivity index (χ4n) is 6.19. The molecule has 0 spiro atoms. The van der Waals surface area contributed by atoms with Gasteiger partial charge in [-0.15, -0.1) is 0 Å². The van der Waals surface area contributed by atoms with Crippen molar-refractivity contribution in [3.63, 3.8) is 0 Å². The van der Waals surface area contributed by atoms with Gasteiger partial charge >= 0.3 is 0 Å². The highest BCUT2D eigenvalue weighted by molar-refractivity contribution is 5.95. The van der Waals surface area contributed by atoms with Crippen molar-refractivity contribution in [3.05, 3.63) is 150 Å². The summed E-state index contributed by atoms with van der Waals surface area (Å²) in [5.74, 6) is 0. The zero-order valence-corrected chi connectivity index (χ0v) is 26.7. The molecule has 0 aliphatic rings. The summed E-state index contributed by atoms with van der Waals surface area (Å²) in [6.07, 6.45) is 4.11. The van der Waals surface area contributed by atoms with E-state index in [0.29, 0.717) is 0 Å². The molecule has 5 rings (SSSR count). The minimum atomic E-state index is 0.0535. The Balaban J connectivity index is 1.82. The molecule has 0 aromatic heterocycles. The first-order valence-corrected chi connectivity index (χ1v) is 15.2. The van der Waals surface area contributed by atoms with E-state index < -0.39 is 0 Å². The summed E-state index contributed by atoms with van der Waals surface area (Å²) in [5.41, 5.74) is 15.8. The van der Waals surface area contributed by atoms with Crippen molar-refractivity contribution >= 4 is 16.9 Å². The molecule has 0 amide bonds. The van der Waals surface area contributed by atoms with Crippen molar-refractivity contribution < 1.29 is 0 Å². The molecule has 0 N–H and O–H groups in total. The summed E-state index contributed by atoms with van der Waals surface area (Å²) < 4.78 is 0. The number of hydrogen-bond acceptors (Lipinski definition) is 1. The Labute approximate surface area is 258 Å². The van der Waals surface area contributed by atoms with E-state index in [4.69, 9.17) is 0 Å². The molecule has 5 aromatic rings. The summed E-state index contributed by atoms with van der Waals surface area (Å²) >= 11 is 0. The lowest BCUT2D eigenvalue weighted by Crippen LogP contribution is -2.18. The Kier molecular flexibility index (Phi) is 8.55. The van der Waals surface area contributed by atoms with Crippen molar-refractivity contribution in [3.8, 4) is 33.4 Å². The van der Waals surface area contributed by atoms with E-state index >= 15 is 0 Å². The quantitative estimate of drug-likeness (QED) is 0.179. The summed E-state index contributed by atoms with van der Waals surface area (Å²) in [6.45, 7) is 17.7. The van der Waals surface area contributed by atoms with E-state index in [-0.39, 0.29) is 5.41 Å². The maximum Gasteiger partial charge on any atom is 0.0494 e. The molecule has 1 heteroatoms. The van der Waals surface area contributed by atoms with Gasteiger partial charge in [-0.05, 0) is 100 Å². The van der Waals surface area contributed by atoms with Crippen LogP contribution in [0.4, 0.5) is 11.4 Å². The highest BCUT2D eigenvalue weighted by Gasteiger charge is 2.23. The Morgan fingerprint density at radius 3 is 1.81 bits per heavy atom. The number of allylic oxidation sites excluding steroid dienone is 3. The SMILES string of the molecule is C=C(C=CC)c1ccc(-c2cc(-c3ccccc3)c(-c3ccccc3)cc2N(C)c2cccc(C(C)(C)C)c2C)c(C)c1. The molecule has 0 aliphatic heterocycles. The van der Waals surface area contributed by atoms with Crippen LogP contribution in [0.15, 0.2) is 128 Å². The van der Waals surface area contributed by atoms with Crippen molar-refractivity contribution in [1.82, 2.24) is 0 Å². The molecule has 0 aliphatic carbocycles. The minimum Gasteiger partial charge on any atom is -0.344 e. The molecule has 43 heavy (non-hydrogen) atoms. The highest BCUT2D eigenvalue weighted by atomic mass is 15.1. The highest BCUT2D eigenvalue weighted by Crippen LogP contribution is 2.45. The summed E-state index contributed by atoms with van der Waals surface area (Å²) in [7, 11) is 2.21. The van der Waals surface area contributed by atoms with E-state index in [9.17, 15) is 0 Å². The lowest BCUT2D eigenvalue weighted by atomic mass is 9.83. The first-order chi connectivity index (χ1) is 20.6. The van der Waals surface area contributed by atoms with Crippen LogP contribution >= 0.6 is 0 Å². The third kappa shape index (κ3) is 6.13. The normalized spacial score (nSPS) is 11.6. The van der Waals surface area contributed by atoms with Gasteiger partial charge < -0.3 is 4.90 Å². The maximum absolute atomic E-state index is 4.29. The third-order valence-electron chi connectivity index (χ3n) is 8.40. The zero-order valence-electron chi connectivity index (χ0n) is 26.7. The van der Waals surface area contributed by atoms with Gasteiger partial charge in [-0.1, -0.05) is 130 Å². The van der Waals surface area contributed by atoms with E-state index in [0.717, 1.165) is 11.1 Å². The predicted octanol–water partition coefficient (Wildman–Crippen LogP) is 12.0. The number of aryl methyl sites for hydroxylation is 1. The fourth-order valence-corrected chi connectivity index (χ4v) is 6.19. The molecule has 0 bridgehead atoms. The molecule has 0 heterocycles. The monoisotopic (exact) mass is 561 g/mol. The van der Waals surface area contributed by atoms with Gasteiger partial charge in [-0.25, -0.2) is 0 Å². The number of rotatable bonds is 7. The van der Waals surface area contributed by atoms with Crippen LogP contribution in [0.2, 0.25) is 0 Å². The first-order valence-electron chi connectivity index (χ1n) is 15.2. The predicted molar refractivity (Wildman–Crippen MR) is 189 cm³/mol. The van der Waals surface area contributed by atoms with Crippen LogP contribution in [0.3, 0.4) is 0 Å². The van der Waals surface area contributed by atoms with Crippen molar-refractivity contribution in [2.24, 2.45) is 0 Å². The summed E-state index contributed by atoms with van der Waals surface area (Å²) in [6, 6.07) is 39.7. The van der Waals surface area contributed by atoms with E-state index in [1.807, 2.05) is 13.0 Å². The summed E-state index contributed by atoms with van der Waals surface area (Å²) in [4.78, 5) is 2.38. The van der Waals surface area contributed by atoms with Crippen LogP contribution in [0.5, 0.6) is 0 Å². The molecule has 1 nitrogen and oxygen atoms in total. The largest absolute Gasteiger partial charge is 0.344 e. The number of benzene rings is 5. The molecule has 0 radical (unpaired) electrons. The van der Waals surface area contributed by atoms with Gasteiger partial charge in [-0.3, -0.25) is 0 Å². The van der Waals surface area contributed by atoms with Gasteiger partial charge in [0.05, 0.1) is 0 Å². The standard InChI is InChI=1S/C42H43N/c1-9-17-29(2)34-24-25-35(30(3)26-34)38-27-36(32-18-12-10-13-19-32)37(33-20-14-11-15-21-33)28-41(38)43(8)40-23-16-22-39(31(40)4)42(5,6)7/h9-28H,2H2,1,3-8H3. The second kappa shape index (κ2) is 12.3. The van der Waals surface area contributed by atoms with E-state index in [1.54, 1.807) is 0 Å².